The standard InChI is InChI=1S/C45H62N6O11/c1-11-45(57)33-25-35-36-31(27-51(35)37(52)32(33)28-58-38(45)53)30(29-17-12-13-18-34(29)48-36)26-47-59-24-23-50(41(56)62-44(8,9)10)21-15-14-20-49(40(55)61-43(5,6)7)22-16-19-46-39(54)60-42(2,3)4/h12-13,17-18,25-26,57H,11,14-16,19-24,27-28H2,1-10H3,(H,46,54)/b47-26-/t45-/m0/s1. The molecule has 0 saturated heterocycles. The van der Waals surface area contributed by atoms with Crippen LogP contribution in [-0.2, 0) is 47.3 Å². The summed E-state index contributed by atoms with van der Waals surface area (Å²) < 4.78 is 23.4. The van der Waals surface area contributed by atoms with E-state index in [1.54, 1.807) is 95.9 Å². The molecule has 17 nitrogen and oxygen atoms in total. The van der Waals surface area contributed by atoms with Gasteiger partial charge in [0.05, 0.1) is 41.8 Å². The van der Waals surface area contributed by atoms with Gasteiger partial charge < -0.3 is 48.6 Å². The second-order valence-corrected chi connectivity index (χ2v) is 18.5. The second-order valence-electron chi connectivity index (χ2n) is 18.5. The number of rotatable bonds is 15. The van der Waals surface area contributed by atoms with Gasteiger partial charge in [0.1, 0.15) is 30.0 Å². The molecule has 0 aliphatic carbocycles. The maximum atomic E-state index is 13.8. The van der Waals surface area contributed by atoms with Crippen LogP contribution in [-0.4, -0.2) is 111 Å². The fraction of sp³-hybridized carbons (Fsp3) is 0.578. The number of para-hydroxylation sites is 1. The highest BCUT2D eigenvalue weighted by Crippen LogP contribution is 2.40. The molecule has 3 amide bonds. The number of aliphatic hydroxyl groups is 1. The van der Waals surface area contributed by atoms with Gasteiger partial charge in [-0.25, -0.2) is 24.2 Å². The molecule has 0 bridgehead atoms. The van der Waals surface area contributed by atoms with Gasteiger partial charge in [-0.2, -0.15) is 0 Å². The zero-order valence-corrected chi connectivity index (χ0v) is 37.7. The van der Waals surface area contributed by atoms with Crippen LogP contribution in [0.4, 0.5) is 14.4 Å². The number of aromatic nitrogens is 2. The number of benzene rings is 1. The van der Waals surface area contributed by atoms with Crippen LogP contribution in [0.1, 0.15) is 117 Å². The molecule has 4 heterocycles. The number of esters is 1. The number of carbonyl (C=O) groups excluding carboxylic acids is 4. The third-order valence-corrected chi connectivity index (χ3v) is 10.0. The summed E-state index contributed by atoms with van der Waals surface area (Å²) in [5.41, 5.74) is -0.864. The molecule has 0 saturated carbocycles. The molecule has 0 radical (unpaired) electrons. The molecule has 2 N–H and O–H groups in total. The van der Waals surface area contributed by atoms with E-state index < -0.39 is 46.7 Å². The van der Waals surface area contributed by atoms with Gasteiger partial charge in [-0.15, -0.1) is 0 Å². The van der Waals surface area contributed by atoms with Crippen molar-refractivity contribution >= 4 is 41.4 Å². The van der Waals surface area contributed by atoms with Gasteiger partial charge in [-0.05, 0) is 100 Å². The molecule has 2 aliphatic rings. The highest BCUT2D eigenvalue weighted by Gasteiger charge is 2.45. The molecule has 338 valence electrons. The first-order valence-corrected chi connectivity index (χ1v) is 21.2. The fourth-order valence-corrected chi connectivity index (χ4v) is 7.12. The van der Waals surface area contributed by atoms with Crippen LogP contribution in [0.3, 0.4) is 0 Å². The lowest BCUT2D eigenvalue weighted by Gasteiger charge is -2.31. The van der Waals surface area contributed by atoms with Crippen LogP contribution in [0.5, 0.6) is 0 Å². The van der Waals surface area contributed by atoms with Crippen molar-refractivity contribution in [1.29, 1.82) is 0 Å². The first-order valence-electron chi connectivity index (χ1n) is 21.2. The average Bonchev–Trinajstić information content (AvgIpc) is 3.53. The number of unbranched alkanes of at least 4 members (excludes halogenated alkanes) is 1. The van der Waals surface area contributed by atoms with Crippen molar-refractivity contribution in [3.8, 4) is 11.4 Å². The second kappa shape index (κ2) is 19.1. The Morgan fingerprint density at radius 1 is 0.887 bits per heavy atom. The minimum Gasteiger partial charge on any atom is -0.458 e. The lowest BCUT2D eigenvalue weighted by atomic mass is 9.86. The number of cyclic esters (lactones) is 1. The maximum absolute atomic E-state index is 13.8. The summed E-state index contributed by atoms with van der Waals surface area (Å²) in [4.78, 5) is 78.8. The smallest absolute Gasteiger partial charge is 0.410 e. The van der Waals surface area contributed by atoms with E-state index in [1.807, 2.05) is 24.3 Å². The number of hydrogen-bond donors (Lipinski definition) is 2. The molecule has 0 unspecified atom stereocenters. The lowest BCUT2D eigenvalue weighted by molar-refractivity contribution is -0.172. The van der Waals surface area contributed by atoms with Crippen LogP contribution in [0.25, 0.3) is 22.3 Å². The minimum atomic E-state index is -1.95. The molecule has 62 heavy (non-hydrogen) atoms. The normalized spacial score (nSPS) is 16.0. The number of nitrogens with zero attached hydrogens (tertiary/aromatic N) is 5. The third-order valence-electron chi connectivity index (χ3n) is 10.0. The van der Waals surface area contributed by atoms with Gasteiger partial charge in [-0.3, -0.25) is 4.79 Å². The highest BCUT2D eigenvalue weighted by atomic mass is 16.6. The Morgan fingerprint density at radius 3 is 2.10 bits per heavy atom. The van der Waals surface area contributed by atoms with Gasteiger partial charge in [0.25, 0.3) is 5.56 Å². The van der Waals surface area contributed by atoms with Crippen molar-refractivity contribution in [3.05, 3.63) is 62.9 Å². The number of amides is 3. The van der Waals surface area contributed by atoms with Crippen molar-refractivity contribution in [2.45, 2.75) is 130 Å². The number of ether oxygens (including phenoxy) is 4. The minimum absolute atomic E-state index is 0.0328. The lowest BCUT2D eigenvalue weighted by Crippen LogP contribution is -2.44. The highest BCUT2D eigenvalue weighted by molar-refractivity contribution is 6.02. The number of pyridine rings is 2. The molecule has 0 fully saturated rings. The van der Waals surface area contributed by atoms with Gasteiger partial charge >= 0.3 is 24.2 Å². The number of alkyl carbamates (subject to hydrolysis) is 1. The topological polar surface area (TPSA) is 200 Å². The Bertz CT molecular complexity index is 2230. The first-order chi connectivity index (χ1) is 29.0. The zero-order valence-electron chi connectivity index (χ0n) is 37.7. The SMILES string of the molecule is CC[C@@]1(O)C(=O)OCc2c1cc1n(c2=O)Cc2c-1nc1ccccc1c2/C=N\OCCN(CCCCN(CCCNC(=O)OC(C)(C)C)C(=O)OC(C)(C)C)C(=O)OC(C)(C)C. The molecular formula is C45H62N6O11. The Kier molecular flexibility index (Phi) is 14.6. The van der Waals surface area contributed by atoms with E-state index in [0.717, 1.165) is 10.9 Å². The van der Waals surface area contributed by atoms with Crippen molar-refractivity contribution in [2.75, 3.05) is 39.3 Å². The van der Waals surface area contributed by atoms with E-state index in [2.05, 4.69) is 10.5 Å². The average molecular weight is 863 g/mol. The van der Waals surface area contributed by atoms with E-state index >= 15 is 0 Å². The number of oxime groups is 1. The summed E-state index contributed by atoms with van der Waals surface area (Å²) in [6.45, 7) is 19.2. The third kappa shape index (κ3) is 11.8. The molecule has 2 aromatic heterocycles. The Morgan fingerprint density at radius 2 is 1.48 bits per heavy atom. The molecule has 5 rings (SSSR count). The molecule has 0 spiro atoms. The van der Waals surface area contributed by atoms with Gasteiger partial charge in [0.15, 0.2) is 5.60 Å². The molecule has 17 heteroatoms. The quantitative estimate of drug-likeness (QED) is 0.0427. The Labute approximate surface area is 362 Å². The van der Waals surface area contributed by atoms with Crippen LogP contribution in [0.15, 0.2) is 40.3 Å². The Balaban J connectivity index is 1.26. The van der Waals surface area contributed by atoms with Crippen molar-refractivity contribution in [3.63, 3.8) is 0 Å². The van der Waals surface area contributed by atoms with Gasteiger partial charge in [-0.1, -0.05) is 30.3 Å². The van der Waals surface area contributed by atoms with Crippen molar-refractivity contribution in [2.24, 2.45) is 5.16 Å². The predicted octanol–water partition coefficient (Wildman–Crippen LogP) is 6.60. The van der Waals surface area contributed by atoms with Crippen LogP contribution in [0.2, 0.25) is 0 Å². The summed E-state index contributed by atoms with van der Waals surface area (Å²) in [5.74, 6) is -0.792. The number of carbonyl (C=O) groups is 4. The van der Waals surface area contributed by atoms with Crippen LogP contribution in [0, 0.1) is 0 Å². The summed E-state index contributed by atoms with van der Waals surface area (Å²) in [5, 5.41) is 19.1. The zero-order chi connectivity index (χ0) is 45.6. The molecule has 2 aliphatic heterocycles. The maximum Gasteiger partial charge on any atom is 0.410 e. The molecule has 1 aromatic carbocycles. The fourth-order valence-electron chi connectivity index (χ4n) is 7.12. The number of hydrogen-bond acceptors (Lipinski definition) is 13. The van der Waals surface area contributed by atoms with Crippen molar-refractivity contribution < 1.29 is 48.1 Å². The van der Waals surface area contributed by atoms with E-state index in [-0.39, 0.29) is 49.4 Å². The predicted molar refractivity (Wildman–Crippen MR) is 232 cm³/mol. The monoisotopic (exact) mass is 862 g/mol. The summed E-state index contributed by atoms with van der Waals surface area (Å²) in [6.07, 6.45) is 1.64. The largest absolute Gasteiger partial charge is 0.458 e. The van der Waals surface area contributed by atoms with E-state index in [4.69, 9.17) is 28.8 Å². The van der Waals surface area contributed by atoms with Gasteiger partial charge in [0.2, 0.25) is 0 Å². The van der Waals surface area contributed by atoms with Crippen LogP contribution < -0.4 is 10.9 Å². The summed E-state index contributed by atoms with van der Waals surface area (Å²) in [7, 11) is 0. The van der Waals surface area contributed by atoms with Crippen LogP contribution >= 0.6 is 0 Å². The number of fused-ring (bicyclic) bond motifs is 5. The molecular weight excluding hydrogens is 801 g/mol. The van der Waals surface area contributed by atoms with E-state index in [0.29, 0.717) is 67.9 Å². The van der Waals surface area contributed by atoms with E-state index in [9.17, 15) is 29.1 Å². The summed E-state index contributed by atoms with van der Waals surface area (Å²) >= 11 is 0. The van der Waals surface area contributed by atoms with Gasteiger partial charge in [0, 0.05) is 48.3 Å². The molecule has 1 atom stereocenters. The Hall–Kier alpha value is -5.71. The number of nitrogens with one attached hydrogen (secondary N) is 1. The summed E-state index contributed by atoms with van der Waals surface area (Å²) in [6, 6.07) is 9.15. The molecule has 3 aromatic rings. The van der Waals surface area contributed by atoms with Crippen molar-refractivity contribution in [1.82, 2.24) is 24.7 Å². The van der Waals surface area contributed by atoms with E-state index in [1.165, 1.54) is 0 Å². The first kappa shape index (κ1) is 47.3.